The molecule has 2 bridgehead atoms. The second-order valence-corrected chi connectivity index (χ2v) is 9.85. The van der Waals surface area contributed by atoms with Crippen LogP contribution >= 0.6 is 11.3 Å². The van der Waals surface area contributed by atoms with Gasteiger partial charge < -0.3 is 15.7 Å². The van der Waals surface area contributed by atoms with Crippen molar-refractivity contribution >= 4 is 34.1 Å². The minimum atomic E-state index is -0.921. The highest BCUT2D eigenvalue weighted by molar-refractivity contribution is 7.16. The molecule has 4 atom stereocenters. The SMILES string of the molecule is Cc1sc(NC(=O)[C@@H]2[C@@H](C(=O)O)[C@H]3C=C[C@@H]2C3)c(C(=O)NC2CCCCC2)c1C. The van der Waals surface area contributed by atoms with Crippen molar-refractivity contribution in [3.63, 3.8) is 0 Å². The molecule has 3 aliphatic rings. The maximum Gasteiger partial charge on any atom is 0.307 e. The molecule has 0 aliphatic heterocycles. The molecule has 4 rings (SSSR count). The lowest BCUT2D eigenvalue weighted by molar-refractivity contribution is -0.146. The van der Waals surface area contributed by atoms with E-state index in [4.69, 9.17) is 0 Å². The van der Waals surface area contributed by atoms with E-state index in [0.29, 0.717) is 17.0 Å². The van der Waals surface area contributed by atoms with Gasteiger partial charge in [-0.3, -0.25) is 14.4 Å². The number of aliphatic carboxylic acids is 1. The maximum atomic E-state index is 13.1. The van der Waals surface area contributed by atoms with Crippen LogP contribution in [0.3, 0.4) is 0 Å². The van der Waals surface area contributed by atoms with Gasteiger partial charge in [0.15, 0.2) is 0 Å². The molecular formula is C22H28N2O4S. The van der Waals surface area contributed by atoms with E-state index in [2.05, 4.69) is 10.6 Å². The number of carboxylic acids is 1. The van der Waals surface area contributed by atoms with Crippen molar-refractivity contribution in [2.45, 2.75) is 58.4 Å². The molecular weight excluding hydrogens is 388 g/mol. The third-order valence-electron chi connectivity index (χ3n) is 6.84. The van der Waals surface area contributed by atoms with Crippen LogP contribution in [0.25, 0.3) is 0 Å². The molecule has 0 radical (unpaired) electrons. The van der Waals surface area contributed by atoms with E-state index >= 15 is 0 Å². The zero-order valence-corrected chi connectivity index (χ0v) is 17.7. The maximum absolute atomic E-state index is 13.1. The predicted molar refractivity (Wildman–Crippen MR) is 112 cm³/mol. The number of carbonyl (C=O) groups is 3. The first kappa shape index (κ1) is 20.1. The summed E-state index contributed by atoms with van der Waals surface area (Å²) in [6.07, 6.45) is 10.1. The molecule has 0 spiro atoms. The zero-order chi connectivity index (χ0) is 20.7. The Labute approximate surface area is 174 Å². The van der Waals surface area contributed by atoms with E-state index in [0.717, 1.165) is 36.1 Å². The van der Waals surface area contributed by atoms with Crippen LogP contribution in [0, 0.1) is 37.5 Å². The molecule has 0 unspecified atom stereocenters. The van der Waals surface area contributed by atoms with Crippen molar-refractivity contribution in [3.05, 3.63) is 28.2 Å². The first-order valence-electron chi connectivity index (χ1n) is 10.5. The van der Waals surface area contributed by atoms with Gasteiger partial charge in [0.2, 0.25) is 5.91 Å². The monoisotopic (exact) mass is 416 g/mol. The lowest BCUT2D eigenvalue weighted by atomic mass is 9.82. The van der Waals surface area contributed by atoms with Gasteiger partial charge in [0, 0.05) is 10.9 Å². The van der Waals surface area contributed by atoms with E-state index in [1.807, 2.05) is 26.0 Å². The first-order chi connectivity index (χ1) is 13.9. The van der Waals surface area contributed by atoms with E-state index < -0.39 is 17.8 Å². The summed E-state index contributed by atoms with van der Waals surface area (Å²) in [5.74, 6) is -2.74. The standard InChI is InChI=1S/C22H28N2O4S/c1-11-12(2)29-21(16(11)19(25)23-15-6-4-3-5-7-15)24-20(26)17-13-8-9-14(10-13)18(17)22(27)28/h8-9,13-15,17-18H,3-7,10H2,1-2H3,(H,23,25)(H,24,26)(H,27,28)/t13-,14+,17+,18+/m1/s1. The van der Waals surface area contributed by atoms with Crippen molar-refractivity contribution < 1.29 is 19.5 Å². The summed E-state index contributed by atoms with van der Waals surface area (Å²) in [6, 6.07) is 0.187. The van der Waals surface area contributed by atoms with Gasteiger partial charge in [0.05, 0.1) is 17.4 Å². The Morgan fingerprint density at radius 2 is 1.69 bits per heavy atom. The molecule has 1 heterocycles. The third-order valence-corrected chi connectivity index (χ3v) is 7.96. The Bertz CT molecular complexity index is 868. The number of carbonyl (C=O) groups excluding carboxylic acids is 2. The molecule has 1 aromatic rings. The molecule has 156 valence electrons. The van der Waals surface area contributed by atoms with Crippen LogP contribution in [-0.2, 0) is 9.59 Å². The van der Waals surface area contributed by atoms with E-state index in [9.17, 15) is 19.5 Å². The fourth-order valence-corrected chi connectivity index (χ4v) is 6.27. The number of hydrogen-bond donors (Lipinski definition) is 3. The molecule has 3 aliphatic carbocycles. The Morgan fingerprint density at radius 3 is 2.34 bits per heavy atom. The van der Waals surface area contributed by atoms with Crippen molar-refractivity contribution in [2.24, 2.45) is 23.7 Å². The van der Waals surface area contributed by atoms with Gasteiger partial charge in [-0.25, -0.2) is 0 Å². The predicted octanol–water partition coefficient (Wildman–Crippen LogP) is 3.89. The number of aryl methyl sites for hydroxylation is 1. The number of carboxylic acid groups (broad SMARTS) is 1. The summed E-state index contributed by atoms with van der Waals surface area (Å²) in [7, 11) is 0. The summed E-state index contributed by atoms with van der Waals surface area (Å²) in [4.78, 5) is 38.8. The van der Waals surface area contributed by atoms with Crippen LogP contribution < -0.4 is 10.6 Å². The second-order valence-electron chi connectivity index (χ2n) is 8.62. The number of nitrogens with one attached hydrogen (secondary N) is 2. The summed E-state index contributed by atoms with van der Waals surface area (Å²) < 4.78 is 0. The van der Waals surface area contributed by atoms with E-state index in [1.54, 1.807) is 0 Å². The number of amides is 2. The molecule has 7 heteroatoms. The molecule has 1 aromatic heterocycles. The topological polar surface area (TPSA) is 95.5 Å². The number of rotatable bonds is 5. The minimum Gasteiger partial charge on any atom is -0.481 e. The summed E-state index contributed by atoms with van der Waals surface area (Å²) in [5.41, 5.74) is 1.40. The van der Waals surface area contributed by atoms with Crippen LogP contribution in [0.4, 0.5) is 5.00 Å². The fourth-order valence-electron chi connectivity index (χ4n) is 5.20. The number of thiophene rings is 1. The summed E-state index contributed by atoms with van der Waals surface area (Å²) in [6.45, 7) is 3.84. The van der Waals surface area contributed by atoms with Crippen molar-refractivity contribution in [2.75, 3.05) is 5.32 Å². The van der Waals surface area contributed by atoms with Crippen LogP contribution in [0.1, 0.15) is 59.3 Å². The molecule has 2 amide bonds. The number of allylic oxidation sites excluding steroid dienone is 2. The minimum absolute atomic E-state index is 0.0391. The van der Waals surface area contributed by atoms with Crippen LogP contribution in [0.15, 0.2) is 12.2 Å². The number of anilines is 1. The zero-order valence-electron chi connectivity index (χ0n) is 16.9. The fraction of sp³-hybridized carbons (Fsp3) is 0.591. The quantitative estimate of drug-likeness (QED) is 0.635. The van der Waals surface area contributed by atoms with Gasteiger partial charge in [0.25, 0.3) is 5.91 Å². The Balaban J connectivity index is 1.54. The average Bonchev–Trinajstić information content (AvgIpc) is 3.36. The van der Waals surface area contributed by atoms with Crippen LogP contribution in [0.5, 0.6) is 0 Å². The first-order valence-corrected chi connectivity index (χ1v) is 11.3. The lowest BCUT2D eigenvalue weighted by Crippen LogP contribution is -2.38. The average molecular weight is 417 g/mol. The largest absolute Gasteiger partial charge is 0.481 e. The molecule has 2 saturated carbocycles. The van der Waals surface area contributed by atoms with Gasteiger partial charge in [0.1, 0.15) is 5.00 Å². The third kappa shape index (κ3) is 3.72. The van der Waals surface area contributed by atoms with E-state index in [-0.39, 0.29) is 29.7 Å². The van der Waals surface area contributed by atoms with Gasteiger partial charge >= 0.3 is 5.97 Å². The molecule has 6 nitrogen and oxygen atoms in total. The number of fused-ring (bicyclic) bond motifs is 2. The Morgan fingerprint density at radius 1 is 1.03 bits per heavy atom. The molecule has 29 heavy (non-hydrogen) atoms. The lowest BCUT2D eigenvalue weighted by Gasteiger charge is -2.24. The van der Waals surface area contributed by atoms with Crippen LogP contribution in [0.2, 0.25) is 0 Å². The molecule has 3 N–H and O–H groups in total. The Kier molecular flexibility index (Phi) is 5.51. The second kappa shape index (κ2) is 7.94. The van der Waals surface area contributed by atoms with Crippen LogP contribution in [-0.4, -0.2) is 28.9 Å². The van der Waals surface area contributed by atoms with E-state index in [1.165, 1.54) is 17.8 Å². The highest BCUT2D eigenvalue weighted by atomic mass is 32.1. The van der Waals surface area contributed by atoms with Crippen molar-refractivity contribution in [3.8, 4) is 0 Å². The Hall–Kier alpha value is -2.15. The summed E-state index contributed by atoms with van der Waals surface area (Å²) in [5, 5.41) is 16.2. The van der Waals surface area contributed by atoms with Gasteiger partial charge in [-0.15, -0.1) is 11.3 Å². The van der Waals surface area contributed by atoms with Gasteiger partial charge in [-0.2, -0.15) is 0 Å². The normalized spacial score (nSPS) is 28.5. The van der Waals surface area contributed by atoms with Gasteiger partial charge in [-0.1, -0.05) is 31.4 Å². The van der Waals surface area contributed by atoms with Crippen molar-refractivity contribution in [1.29, 1.82) is 0 Å². The highest BCUT2D eigenvalue weighted by Gasteiger charge is 2.51. The number of hydrogen-bond acceptors (Lipinski definition) is 4. The molecule has 2 fully saturated rings. The highest BCUT2D eigenvalue weighted by Crippen LogP contribution is 2.48. The molecule has 0 aromatic carbocycles. The van der Waals surface area contributed by atoms with Gasteiger partial charge in [-0.05, 0) is 50.5 Å². The molecule has 0 saturated heterocycles. The smallest absolute Gasteiger partial charge is 0.307 e. The summed E-state index contributed by atoms with van der Waals surface area (Å²) >= 11 is 1.39. The van der Waals surface area contributed by atoms with Crippen molar-refractivity contribution in [1.82, 2.24) is 5.32 Å².